The van der Waals surface area contributed by atoms with Crippen molar-refractivity contribution in [3.63, 3.8) is 0 Å². The largest absolute Gasteiger partial charge is 0.417 e. The lowest BCUT2D eigenvalue weighted by atomic mass is 10.0. The predicted octanol–water partition coefficient (Wildman–Crippen LogP) is 3.90. The van der Waals surface area contributed by atoms with E-state index < -0.39 is 29.0 Å². The number of hydrogen-bond donors (Lipinski definition) is 2. The van der Waals surface area contributed by atoms with E-state index in [1.807, 2.05) is 18.0 Å². The lowest BCUT2D eigenvalue weighted by Gasteiger charge is -2.35. The maximum Gasteiger partial charge on any atom is 0.417 e. The van der Waals surface area contributed by atoms with Crippen molar-refractivity contribution < 1.29 is 27.1 Å². The summed E-state index contributed by atoms with van der Waals surface area (Å²) in [5, 5.41) is 5.21. The van der Waals surface area contributed by atoms with Gasteiger partial charge in [0, 0.05) is 75.0 Å². The molecule has 2 fully saturated rings. The Labute approximate surface area is 236 Å². The molecule has 218 valence electrons. The van der Waals surface area contributed by atoms with E-state index >= 15 is 4.39 Å². The molecule has 0 bridgehead atoms. The Morgan fingerprint density at radius 3 is 2.51 bits per heavy atom. The van der Waals surface area contributed by atoms with E-state index in [2.05, 4.69) is 32.0 Å². The molecule has 3 aliphatic rings. The Balaban J connectivity index is 1.45. The van der Waals surface area contributed by atoms with Crippen molar-refractivity contribution in [1.29, 1.82) is 0 Å². The number of dihydropyridines is 1. The minimum absolute atomic E-state index is 0.0145. The highest BCUT2D eigenvalue weighted by atomic mass is 19.4. The highest BCUT2D eigenvalue weighted by Crippen LogP contribution is 2.37. The van der Waals surface area contributed by atoms with Gasteiger partial charge < -0.3 is 25.2 Å². The Bertz CT molecular complexity index is 1360. The molecule has 1 aromatic heterocycles. The highest BCUT2D eigenvalue weighted by molar-refractivity contribution is 6.09. The smallest absolute Gasteiger partial charge is 0.379 e. The second-order valence-electron chi connectivity index (χ2n) is 10.3. The average molecular weight is 573 g/mol. The van der Waals surface area contributed by atoms with Crippen LogP contribution >= 0.6 is 0 Å². The Morgan fingerprint density at radius 1 is 1.12 bits per heavy atom. The number of pyridine rings is 1. The number of aromatic nitrogens is 1. The second-order valence-corrected chi connectivity index (χ2v) is 10.3. The third-order valence-corrected chi connectivity index (χ3v) is 7.36. The molecule has 3 aliphatic heterocycles. The number of nitrogens with zero attached hydrogens (tertiary/aromatic N) is 4. The van der Waals surface area contributed by atoms with Crippen LogP contribution in [0.3, 0.4) is 0 Å². The molecule has 1 aromatic carbocycles. The summed E-state index contributed by atoms with van der Waals surface area (Å²) in [7, 11) is 1.97. The van der Waals surface area contributed by atoms with Gasteiger partial charge in [-0.05, 0) is 31.3 Å². The molecule has 4 heterocycles. The molecule has 2 aromatic rings. The van der Waals surface area contributed by atoms with Crippen molar-refractivity contribution >= 4 is 17.3 Å². The van der Waals surface area contributed by atoms with Crippen molar-refractivity contribution in [1.82, 2.24) is 20.1 Å². The summed E-state index contributed by atoms with van der Waals surface area (Å²) >= 11 is 0. The molecule has 1 amide bonds. The summed E-state index contributed by atoms with van der Waals surface area (Å²) in [6, 6.07) is 6.37. The zero-order valence-electron chi connectivity index (χ0n) is 22.7. The second kappa shape index (κ2) is 12.0. The van der Waals surface area contributed by atoms with Gasteiger partial charge in [-0.15, -0.1) is 0 Å². The van der Waals surface area contributed by atoms with Gasteiger partial charge in [0.2, 0.25) is 0 Å². The number of piperazine rings is 1. The van der Waals surface area contributed by atoms with Gasteiger partial charge in [0.25, 0.3) is 5.91 Å². The molecule has 2 N–H and O–H groups in total. The summed E-state index contributed by atoms with van der Waals surface area (Å²) in [6.45, 7) is 9.63. The van der Waals surface area contributed by atoms with Crippen molar-refractivity contribution in [3.05, 3.63) is 77.7 Å². The molecular weight excluding hydrogens is 540 g/mol. The van der Waals surface area contributed by atoms with Crippen LogP contribution in [0.1, 0.15) is 5.69 Å². The van der Waals surface area contributed by atoms with Crippen LogP contribution in [0.5, 0.6) is 0 Å². The van der Waals surface area contributed by atoms with Crippen LogP contribution < -0.4 is 15.5 Å². The van der Waals surface area contributed by atoms with Crippen LogP contribution in [-0.4, -0.2) is 86.4 Å². The first-order valence-electron chi connectivity index (χ1n) is 13.4. The number of allylic oxidation sites excluding steroid dienone is 1. The number of likely N-dealkylation sites (N-methyl/N-ethyl adjacent to an activating group) is 1. The van der Waals surface area contributed by atoms with Crippen LogP contribution in [0, 0.1) is 5.82 Å². The average Bonchev–Trinajstić information content (AvgIpc) is 2.95. The molecule has 12 heteroatoms. The van der Waals surface area contributed by atoms with Gasteiger partial charge in [-0.3, -0.25) is 14.7 Å². The van der Waals surface area contributed by atoms with E-state index in [1.165, 1.54) is 12.1 Å². The SMILES string of the molecule is C=C1C=C(C(F)(F)F)C(C(=O)Nc2cc(-c3ccc(CN4CCOCC4)nc3)c(F)cc2N2CCN(C)CC2)=CN1. The van der Waals surface area contributed by atoms with Gasteiger partial charge in [-0.1, -0.05) is 12.6 Å². The maximum atomic E-state index is 15.6. The van der Waals surface area contributed by atoms with Gasteiger partial charge in [-0.2, -0.15) is 13.2 Å². The van der Waals surface area contributed by atoms with E-state index in [-0.39, 0.29) is 16.9 Å². The number of nitrogens with one attached hydrogen (secondary N) is 2. The summed E-state index contributed by atoms with van der Waals surface area (Å²) < 4.78 is 62.2. The molecule has 0 aliphatic carbocycles. The maximum absolute atomic E-state index is 15.6. The number of amides is 1. The molecular formula is C29H32F4N6O2. The van der Waals surface area contributed by atoms with Crippen molar-refractivity contribution in [2.45, 2.75) is 12.7 Å². The Kier molecular flexibility index (Phi) is 8.43. The van der Waals surface area contributed by atoms with Gasteiger partial charge >= 0.3 is 6.18 Å². The van der Waals surface area contributed by atoms with Gasteiger partial charge in [0.15, 0.2) is 0 Å². The number of anilines is 2. The highest BCUT2D eigenvalue weighted by Gasteiger charge is 2.40. The molecule has 0 radical (unpaired) electrons. The summed E-state index contributed by atoms with van der Waals surface area (Å²) in [4.78, 5) is 24.0. The first kappa shape index (κ1) is 28.8. The molecule has 8 nitrogen and oxygen atoms in total. The van der Waals surface area contributed by atoms with Crippen LogP contribution in [0.4, 0.5) is 28.9 Å². The number of benzene rings is 1. The Morgan fingerprint density at radius 2 is 1.85 bits per heavy atom. The zero-order chi connectivity index (χ0) is 29.1. The number of alkyl halides is 3. The van der Waals surface area contributed by atoms with Crippen molar-refractivity contribution in [2.24, 2.45) is 0 Å². The molecule has 0 saturated carbocycles. The fourth-order valence-electron chi connectivity index (χ4n) is 5.01. The number of ether oxygens (including phenoxy) is 1. The molecule has 2 saturated heterocycles. The molecule has 0 spiro atoms. The van der Waals surface area contributed by atoms with Crippen LogP contribution in [0.15, 0.2) is 66.2 Å². The minimum atomic E-state index is -4.77. The fourth-order valence-corrected chi connectivity index (χ4v) is 5.01. The summed E-state index contributed by atoms with van der Waals surface area (Å²) in [6.07, 6.45) is -1.43. The van der Waals surface area contributed by atoms with Crippen LogP contribution in [0.25, 0.3) is 11.1 Å². The van der Waals surface area contributed by atoms with E-state index in [4.69, 9.17) is 4.74 Å². The fraction of sp³-hybridized carbons (Fsp3) is 0.379. The lowest BCUT2D eigenvalue weighted by Crippen LogP contribution is -2.44. The third-order valence-electron chi connectivity index (χ3n) is 7.36. The van der Waals surface area contributed by atoms with Crippen LogP contribution in [0.2, 0.25) is 0 Å². The van der Waals surface area contributed by atoms with Crippen LogP contribution in [-0.2, 0) is 16.1 Å². The van der Waals surface area contributed by atoms with E-state index in [0.717, 1.165) is 31.1 Å². The third kappa shape index (κ3) is 6.77. The van der Waals surface area contributed by atoms with Gasteiger partial charge in [-0.25, -0.2) is 4.39 Å². The first-order valence-corrected chi connectivity index (χ1v) is 13.4. The quantitative estimate of drug-likeness (QED) is 0.509. The number of carbonyl (C=O) groups excluding carboxylic acids is 1. The summed E-state index contributed by atoms with van der Waals surface area (Å²) in [5.41, 5.74) is 0.412. The molecule has 41 heavy (non-hydrogen) atoms. The monoisotopic (exact) mass is 572 g/mol. The summed E-state index contributed by atoms with van der Waals surface area (Å²) in [5.74, 6) is -1.49. The number of hydrogen-bond acceptors (Lipinski definition) is 7. The topological polar surface area (TPSA) is 73.0 Å². The van der Waals surface area contributed by atoms with E-state index in [9.17, 15) is 18.0 Å². The number of morpholine rings is 1. The Hall–Kier alpha value is -3.74. The van der Waals surface area contributed by atoms with E-state index in [0.29, 0.717) is 57.2 Å². The normalized spacial score (nSPS) is 19.0. The molecule has 5 rings (SSSR count). The predicted molar refractivity (Wildman–Crippen MR) is 149 cm³/mol. The lowest BCUT2D eigenvalue weighted by molar-refractivity contribution is -0.115. The number of carbonyl (C=O) groups is 1. The van der Waals surface area contributed by atoms with Gasteiger partial charge in [0.05, 0.1) is 41.4 Å². The molecule has 0 unspecified atom stereocenters. The zero-order valence-corrected chi connectivity index (χ0v) is 22.7. The first-order chi connectivity index (χ1) is 19.6. The number of halogens is 4. The standard InChI is InChI=1S/C29H32F4N6O2/c1-19-13-24(29(31,32)33)23(17-34-19)28(40)36-26-14-22(25(30)15-27(26)39-7-5-37(2)6-8-39)20-3-4-21(35-16-20)18-38-9-11-41-12-10-38/h3-4,13-17,34H,1,5-12,18H2,2H3,(H,36,40). The van der Waals surface area contributed by atoms with Crippen molar-refractivity contribution in [2.75, 3.05) is 69.7 Å². The van der Waals surface area contributed by atoms with Crippen molar-refractivity contribution in [3.8, 4) is 11.1 Å². The minimum Gasteiger partial charge on any atom is -0.379 e. The van der Waals surface area contributed by atoms with E-state index in [1.54, 1.807) is 12.3 Å². The number of rotatable bonds is 6. The van der Waals surface area contributed by atoms with Gasteiger partial charge in [0.1, 0.15) is 5.82 Å². The molecule has 0 atom stereocenters.